The third-order valence-electron chi connectivity index (χ3n) is 3.45. The number of benzene rings is 1. The molecular formula is C15H22N2O2. The Hall–Kier alpha value is -1.55. The number of hydrogen-bond donors (Lipinski definition) is 2. The normalized spacial score (nSPS) is 16.0. The molecule has 19 heavy (non-hydrogen) atoms. The SMILES string of the molecule is O=C(COc1ccccc1)NCCC1CCNCC1. The van der Waals surface area contributed by atoms with E-state index in [1.54, 1.807) is 0 Å². The maximum Gasteiger partial charge on any atom is 0.257 e. The second kappa shape index (κ2) is 7.79. The molecule has 0 saturated carbocycles. The van der Waals surface area contributed by atoms with Crippen LogP contribution in [-0.2, 0) is 4.79 Å². The summed E-state index contributed by atoms with van der Waals surface area (Å²) in [6.07, 6.45) is 3.51. The molecular weight excluding hydrogens is 240 g/mol. The maximum atomic E-state index is 11.6. The van der Waals surface area contributed by atoms with Crippen LogP contribution in [0.2, 0.25) is 0 Å². The summed E-state index contributed by atoms with van der Waals surface area (Å²) in [6, 6.07) is 9.41. The Morgan fingerprint density at radius 2 is 2.00 bits per heavy atom. The zero-order chi connectivity index (χ0) is 13.3. The Labute approximate surface area is 114 Å². The van der Waals surface area contributed by atoms with Gasteiger partial charge in [-0.1, -0.05) is 18.2 Å². The van der Waals surface area contributed by atoms with Gasteiger partial charge in [-0.3, -0.25) is 4.79 Å². The fourth-order valence-electron chi connectivity index (χ4n) is 2.30. The zero-order valence-electron chi connectivity index (χ0n) is 11.2. The van der Waals surface area contributed by atoms with Gasteiger partial charge in [-0.05, 0) is 50.4 Å². The first kappa shape index (κ1) is 13.9. The molecule has 0 bridgehead atoms. The summed E-state index contributed by atoms with van der Waals surface area (Å²) in [4.78, 5) is 11.6. The Morgan fingerprint density at radius 1 is 1.26 bits per heavy atom. The summed E-state index contributed by atoms with van der Waals surface area (Å²) >= 11 is 0. The van der Waals surface area contributed by atoms with Gasteiger partial charge < -0.3 is 15.4 Å². The van der Waals surface area contributed by atoms with Crippen LogP contribution in [-0.4, -0.2) is 32.1 Å². The fraction of sp³-hybridized carbons (Fsp3) is 0.533. The lowest BCUT2D eigenvalue weighted by atomic mass is 9.95. The number of rotatable bonds is 6. The van der Waals surface area contributed by atoms with E-state index in [9.17, 15) is 4.79 Å². The first-order valence-electron chi connectivity index (χ1n) is 7.00. The van der Waals surface area contributed by atoms with E-state index in [-0.39, 0.29) is 12.5 Å². The smallest absolute Gasteiger partial charge is 0.257 e. The number of ether oxygens (including phenoxy) is 1. The van der Waals surface area contributed by atoms with Gasteiger partial charge in [-0.25, -0.2) is 0 Å². The summed E-state index contributed by atoms with van der Waals surface area (Å²) in [5.74, 6) is 1.44. The molecule has 0 aromatic heterocycles. The Kier molecular flexibility index (Phi) is 5.69. The highest BCUT2D eigenvalue weighted by atomic mass is 16.5. The van der Waals surface area contributed by atoms with Crippen LogP contribution in [0.1, 0.15) is 19.3 Å². The summed E-state index contributed by atoms with van der Waals surface area (Å²) < 4.78 is 5.39. The van der Waals surface area contributed by atoms with Gasteiger partial charge in [0.1, 0.15) is 5.75 Å². The number of carbonyl (C=O) groups excluding carboxylic acids is 1. The molecule has 4 heteroatoms. The van der Waals surface area contributed by atoms with E-state index >= 15 is 0 Å². The van der Waals surface area contributed by atoms with Crippen LogP contribution in [0.15, 0.2) is 30.3 Å². The molecule has 1 amide bonds. The number of para-hydroxylation sites is 1. The Bertz CT molecular complexity index is 375. The molecule has 0 atom stereocenters. The van der Waals surface area contributed by atoms with E-state index in [0.29, 0.717) is 0 Å². The highest BCUT2D eigenvalue weighted by Crippen LogP contribution is 2.14. The van der Waals surface area contributed by atoms with E-state index in [4.69, 9.17) is 4.74 Å². The van der Waals surface area contributed by atoms with Crippen molar-refractivity contribution in [2.75, 3.05) is 26.2 Å². The average Bonchev–Trinajstić information content (AvgIpc) is 2.47. The van der Waals surface area contributed by atoms with Gasteiger partial charge in [-0.2, -0.15) is 0 Å². The van der Waals surface area contributed by atoms with Crippen molar-refractivity contribution in [2.24, 2.45) is 5.92 Å². The molecule has 4 nitrogen and oxygen atoms in total. The molecule has 2 N–H and O–H groups in total. The van der Waals surface area contributed by atoms with Crippen LogP contribution in [0.5, 0.6) is 5.75 Å². The van der Waals surface area contributed by atoms with Crippen molar-refractivity contribution < 1.29 is 9.53 Å². The summed E-state index contributed by atoms with van der Waals surface area (Å²) in [5.41, 5.74) is 0. The van der Waals surface area contributed by atoms with Crippen LogP contribution in [0.25, 0.3) is 0 Å². The zero-order valence-corrected chi connectivity index (χ0v) is 11.2. The highest BCUT2D eigenvalue weighted by Gasteiger charge is 2.12. The minimum Gasteiger partial charge on any atom is -0.484 e. The van der Waals surface area contributed by atoms with Gasteiger partial charge in [0.15, 0.2) is 6.61 Å². The molecule has 0 radical (unpaired) electrons. The van der Waals surface area contributed by atoms with Crippen molar-refractivity contribution in [3.8, 4) is 5.75 Å². The topological polar surface area (TPSA) is 50.4 Å². The predicted octanol–water partition coefficient (Wildman–Crippen LogP) is 1.57. The lowest BCUT2D eigenvalue weighted by molar-refractivity contribution is -0.123. The fourth-order valence-corrected chi connectivity index (χ4v) is 2.30. The van der Waals surface area contributed by atoms with Gasteiger partial charge in [0, 0.05) is 6.54 Å². The average molecular weight is 262 g/mol. The molecule has 2 rings (SSSR count). The van der Waals surface area contributed by atoms with Crippen LogP contribution >= 0.6 is 0 Å². The van der Waals surface area contributed by atoms with E-state index in [1.165, 1.54) is 12.8 Å². The Morgan fingerprint density at radius 3 is 2.74 bits per heavy atom. The first-order valence-corrected chi connectivity index (χ1v) is 7.00. The number of piperidine rings is 1. The Balaban J connectivity index is 1.57. The minimum absolute atomic E-state index is 0.0437. The minimum atomic E-state index is -0.0437. The molecule has 1 aliphatic rings. The maximum absolute atomic E-state index is 11.6. The molecule has 1 saturated heterocycles. The van der Waals surface area contributed by atoms with Crippen LogP contribution in [0.3, 0.4) is 0 Å². The summed E-state index contributed by atoms with van der Waals surface area (Å²) in [7, 11) is 0. The van der Waals surface area contributed by atoms with Crippen molar-refractivity contribution >= 4 is 5.91 Å². The third kappa shape index (κ3) is 5.30. The van der Waals surface area contributed by atoms with E-state index in [0.717, 1.165) is 37.7 Å². The van der Waals surface area contributed by atoms with E-state index in [1.807, 2.05) is 30.3 Å². The molecule has 0 unspecified atom stereocenters. The molecule has 1 aromatic carbocycles. The van der Waals surface area contributed by atoms with Crippen LogP contribution in [0.4, 0.5) is 0 Å². The van der Waals surface area contributed by atoms with Crippen LogP contribution < -0.4 is 15.4 Å². The van der Waals surface area contributed by atoms with Gasteiger partial charge in [0.2, 0.25) is 0 Å². The van der Waals surface area contributed by atoms with Crippen molar-refractivity contribution in [3.05, 3.63) is 30.3 Å². The van der Waals surface area contributed by atoms with E-state index < -0.39 is 0 Å². The predicted molar refractivity (Wildman–Crippen MR) is 75.2 cm³/mol. The molecule has 1 aliphatic heterocycles. The third-order valence-corrected chi connectivity index (χ3v) is 3.45. The summed E-state index contributed by atoms with van der Waals surface area (Å²) in [5, 5.41) is 6.26. The molecule has 1 heterocycles. The quantitative estimate of drug-likeness (QED) is 0.818. The monoisotopic (exact) mass is 262 g/mol. The molecule has 1 aromatic rings. The molecule has 0 aliphatic carbocycles. The van der Waals surface area contributed by atoms with Gasteiger partial charge in [0.05, 0.1) is 0 Å². The van der Waals surface area contributed by atoms with Crippen molar-refractivity contribution in [2.45, 2.75) is 19.3 Å². The highest BCUT2D eigenvalue weighted by molar-refractivity contribution is 5.77. The summed E-state index contributed by atoms with van der Waals surface area (Å²) in [6.45, 7) is 3.06. The van der Waals surface area contributed by atoms with Gasteiger partial charge in [-0.15, -0.1) is 0 Å². The number of amides is 1. The molecule has 104 valence electrons. The van der Waals surface area contributed by atoms with E-state index in [2.05, 4.69) is 10.6 Å². The van der Waals surface area contributed by atoms with Crippen molar-refractivity contribution in [1.82, 2.24) is 10.6 Å². The molecule has 0 spiro atoms. The van der Waals surface area contributed by atoms with Crippen LogP contribution in [0, 0.1) is 5.92 Å². The second-order valence-corrected chi connectivity index (χ2v) is 4.93. The second-order valence-electron chi connectivity index (χ2n) is 4.93. The number of hydrogen-bond acceptors (Lipinski definition) is 3. The largest absolute Gasteiger partial charge is 0.484 e. The number of nitrogens with one attached hydrogen (secondary N) is 2. The standard InChI is InChI=1S/C15H22N2O2/c18-15(12-19-14-4-2-1-3-5-14)17-11-8-13-6-9-16-10-7-13/h1-5,13,16H,6-12H2,(H,17,18). The van der Waals surface area contributed by atoms with Crippen molar-refractivity contribution in [1.29, 1.82) is 0 Å². The lowest BCUT2D eigenvalue weighted by Crippen LogP contribution is -2.33. The van der Waals surface area contributed by atoms with Gasteiger partial charge >= 0.3 is 0 Å². The molecule has 1 fully saturated rings. The van der Waals surface area contributed by atoms with Gasteiger partial charge in [0.25, 0.3) is 5.91 Å². The van der Waals surface area contributed by atoms with Crippen molar-refractivity contribution in [3.63, 3.8) is 0 Å². The lowest BCUT2D eigenvalue weighted by Gasteiger charge is -2.22. The number of carbonyl (C=O) groups is 1. The first-order chi connectivity index (χ1) is 9.34.